The molecule has 1 aliphatic carbocycles. The summed E-state index contributed by atoms with van der Waals surface area (Å²) in [7, 11) is 0.982. The van der Waals surface area contributed by atoms with Crippen LogP contribution in [-0.2, 0) is 27.7 Å². The highest BCUT2D eigenvalue weighted by Crippen LogP contribution is 2.40. The number of hydrogen-bond acceptors (Lipinski definition) is 6. The molecule has 0 unspecified atom stereocenters. The van der Waals surface area contributed by atoms with Crippen molar-refractivity contribution >= 4 is 21.6 Å². The van der Waals surface area contributed by atoms with Crippen LogP contribution in [-0.4, -0.2) is 53.0 Å². The van der Waals surface area contributed by atoms with Crippen molar-refractivity contribution in [3.8, 4) is 17.2 Å². The summed E-state index contributed by atoms with van der Waals surface area (Å²) in [5.41, 5.74) is 2.91. The average Bonchev–Trinajstić information content (AvgIpc) is 3.31. The maximum atomic E-state index is 13.1. The van der Waals surface area contributed by atoms with E-state index in [9.17, 15) is 13.2 Å². The summed E-state index contributed by atoms with van der Waals surface area (Å²) in [5.74, 6) is 0.905. The fourth-order valence-electron chi connectivity index (χ4n) is 4.61. The maximum Gasteiger partial charge on any atom is 0.243 e. The molecule has 1 fully saturated rings. The first-order chi connectivity index (χ1) is 15.9. The summed E-state index contributed by atoms with van der Waals surface area (Å²) < 4.78 is 43.8. The number of rotatable bonds is 7. The lowest BCUT2D eigenvalue weighted by atomic mass is 9.97. The third-order valence-corrected chi connectivity index (χ3v) is 8.36. The molecule has 2 aliphatic rings. The molecule has 9 heteroatoms. The molecule has 0 aromatic heterocycles. The highest BCUT2D eigenvalue weighted by molar-refractivity contribution is 7.89. The molecule has 0 bridgehead atoms. The van der Waals surface area contributed by atoms with E-state index < -0.39 is 10.0 Å². The Balaban J connectivity index is 1.41. The van der Waals surface area contributed by atoms with Crippen molar-refractivity contribution in [1.82, 2.24) is 4.31 Å². The Morgan fingerprint density at radius 2 is 1.58 bits per heavy atom. The van der Waals surface area contributed by atoms with E-state index in [1.807, 2.05) is 12.1 Å². The molecule has 4 rings (SSSR count). The second-order valence-corrected chi connectivity index (χ2v) is 10.3. The van der Waals surface area contributed by atoms with Crippen LogP contribution in [0.25, 0.3) is 0 Å². The number of nitrogens with one attached hydrogen (secondary N) is 1. The SMILES string of the molecule is COc1cc(NC(=O)C2CCN(S(=O)(=O)c3ccc4c(c3)CCC4)CC2)cc(OC)c1OC. The molecule has 1 saturated heterocycles. The Morgan fingerprint density at radius 1 is 0.939 bits per heavy atom. The van der Waals surface area contributed by atoms with Crippen LogP contribution in [0.5, 0.6) is 17.2 Å². The lowest BCUT2D eigenvalue weighted by molar-refractivity contribution is -0.120. The van der Waals surface area contributed by atoms with Crippen molar-refractivity contribution in [1.29, 1.82) is 0 Å². The molecular formula is C24H30N2O6S. The Bertz CT molecular complexity index is 1110. The van der Waals surface area contributed by atoms with E-state index in [0.29, 0.717) is 53.8 Å². The topological polar surface area (TPSA) is 94.2 Å². The van der Waals surface area contributed by atoms with Gasteiger partial charge >= 0.3 is 0 Å². The Labute approximate surface area is 194 Å². The normalized spacial score (nSPS) is 16.8. The largest absolute Gasteiger partial charge is 0.493 e. The molecule has 178 valence electrons. The Morgan fingerprint density at radius 3 is 2.18 bits per heavy atom. The summed E-state index contributed by atoms with van der Waals surface area (Å²) in [4.78, 5) is 13.2. The van der Waals surface area contributed by atoms with Crippen LogP contribution in [0, 0.1) is 5.92 Å². The molecule has 1 N–H and O–H groups in total. The van der Waals surface area contributed by atoms with Gasteiger partial charge in [0.2, 0.25) is 21.7 Å². The van der Waals surface area contributed by atoms with Crippen molar-refractivity contribution in [3.63, 3.8) is 0 Å². The van der Waals surface area contributed by atoms with E-state index in [0.717, 1.165) is 24.8 Å². The zero-order chi connectivity index (χ0) is 23.6. The fourth-order valence-corrected chi connectivity index (χ4v) is 6.13. The molecule has 0 atom stereocenters. The van der Waals surface area contributed by atoms with Crippen LogP contribution in [0.2, 0.25) is 0 Å². The molecule has 1 heterocycles. The van der Waals surface area contributed by atoms with Gasteiger partial charge in [-0.05, 0) is 55.4 Å². The van der Waals surface area contributed by atoms with Gasteiger partial charge in [-0.3, -0.25) is 4.79 Å². The summed E-state index contributed by atoms with van der Waals surface area (Å²) in [5, 5.41) is 2.90. The van der Waals surface area contributed by atoms with Gasteiger partial charge in [0.05, 0.1) is 26.2 Å². The number of fused-ring (bicyclic) bond motifs is 1. The van der Waals surface area contributed by atoms with Crippen LogP contribution in [0.1, 0.15) is 30.4 Å². The van der Waals surface area contributed by atoms with E-state index in [4.69, 9.17) is 14.2 Å². The molecule has 0 saturated carbocycles. The summed E-state index contributed by atoms with van der Waals surface area (Å²) in [6, 6.07) is 8.82. The number of carbonyl (C=O) groups is 1. The molecular weight excluding hydrogens is 444 g/mol. The quantitative estimate of drug-likeness (QED) is 0.662. The minimum atomic E-state index is -3.56. The molecule has 0 spiro atoms. The number of sulfonamides is 1. The number of aryl methyl sites for hydroxylation is 2. The van der Waals surface area contributed by atoms with Gasteiger partial charge in [0.15, 0.2) is 11.5 Å². The molecule has 2 aromatic carbocycles. The van der Waals surface area contributed by atoms with E-state index in [2.05, 4.69) is 5.32 Å². The number of amides is 1. The Kier molecular flexibility index (Phi) is 6.81. The molecule has 2 aromatic rings. The maximum absolute atomic E-state index is 13.1. The lowest BCUT2D eigenvalue weighted by Crippen LogP contribution is -2.41. The zero-order valence-corrected chi connectivity index (χ0v) is 20.0. The molecule has 0 radical (unpaired) electrons. The minimum Gasteiger partial charge on any atom is -0.493 e. The molecule has 1 amide bonds. The van der Waals surface area contributed by atoms with E-state index >= 15 is 0 Å². The van der Waals surface area contributed by atoms with Gasteiger partial charge in [0.1, 0.15) is 0 Å². The van der Waals surface area contributed by atoms with Crippen LogP contribution in [0.15, 0.2) is 35.2 Å². The summed E-state index contributed by atoms with van der Waals surface area (Å²) in [6.07, 6.45) is 3.94. The van der Waals surface area contributed by atoms with Gasteiger partial charge < -0.3 is 19.5 Å². The van der Waals surface area contributed by atoms with Gasteiger partial charge in [0, 0.05) is 36.8 Å². The molecule has 8 nitrogen and oxygen atoms in total. The third kappa shape index (κ3) is 4.65. The van der Waals surface area contributed by atoms with Crippen LogP contribution >= 0.6 is 0 Å². The number of piperidine rings is 1. The number of nitrogens with zero attached hydrogens (tertiary/aromatic N) is 1. The number of carbonyl (C=O) groups excluding carboxylic acids is 1. The highest BCUT2D eigenvalue weighted by Gasteiger charge is 2.33. The number of benzene rings is 2. The lowest BCUT2D eigenvalue weighted by Gasteiger charge is -2.30. The zero-order valence-electron chi connectivity index (χ0n) is 19.2. The summed E-state index contributed by atoms with van der Waals surface area (Å²) in [6.45, 7) is 0.625. The highest BCUT2D eigenvalue weighted by atomic mass is 32.2. The first-order valence-electron chi connectivity index (χ1n) is 11.1. The van der Waals surface area contributed by atoms with Gasteiger partial charge in [-0.1, -0.05) is 6.07 Å². The first kappa shape index (κ1) is 23.4. The second-order valence-electron chi connectivity index (χ2n) is 8.37. The third-order valence-electron chi connectivity index (χ3n) is 6.46. The second kappa shape index (κ2) is 9.61. The standard InChI is InChI=1S/C24H30N2O6S/c1-30-21-14-19(15-22(31-2)23(21)32-3)25-24(27)17-9-11-26(12-10-17)33(28,29)20-8-7-16-5-4-6-18(16)13-20/h7-8,13-15,17H,4-6,9-12H2,1-3H3,(H,25,27). The van der Waals surface area contributed by atoms with Crippen molar-refractivity contribution in [2.24, 2.45) is 5.92 Å². The number of methoxy groups -OCH3 is 3. The van der Waals surface area contributed by atoms with Gasteiger partial charge in [-0.2, -0.15) is 4.31 Å². The Hall–Kier alpha value is -2.78. The van der Waals surface area contributed by atoms with Crippen LogP contribution in [0.4, 0.5) is 5.69 Å². The molecule has 1 aliphatic heterocycles. The average molecular weight is 475 g/mol. The van der Waals surface area contributed by atoms with Gasteiger partial charge in [0.25, 0.3) is 0 Å². The number of anilines is 1. The predicted octanol–water partition coefficient (Wildman–Crippen LogP) is 3.24. The van der Waals surface area contributed by atoms with Gasteiger partial charge in [-0.25, -0.2) is 8.42 Å². The number of ether oxygens (including phenoxy) is 3. The van der Waals surface area contributed by atoms with Crippen LogP contribution in [0.3, 0.4) is 0 Å². The minimum absolute atomic E-state index is 0.154. The summed E-state index contributed by atoms with van der Waals surface area (Å²) >= 11 is 0. The van der Waals surface area contributed by atoms with Crippen molar-refractivity contribution in [3.05, 3.63) is 41.5 Å². The van der Waals surface area contributed by atoms with E-state index in [-0.39, 0.29) is 11.8 Å². The fraction of sp³-hybridized carbons (Fsp3) is 0.458. The van der Waals surface area contributed by atoms with Gasteiger partial charge in [-0.15, -0.1) is 0 Å². The smallest absolute Gasteiger partial charge is 0.243 e. The molecule has 33 heavy (non-hydrogen) atoms. The number of hydrogen-bond donors (Lipinski definition) is 1. The van der Waals surface area contributed by atoms with Crippen molar-refractivity contribution in [2.75, 3.05) is 39.7 Å². The van der Waals surface area contributed by atoms with E-state index in [1.54, 1.807) is 18.2 Å². The van der Waals surface area contributed by atoms with Crippen molar-refractivity contribution < 1.29 is 27.4 Å². The first-order valence-corrected chi connectivity index (χ1v) is 12.5. The van der Waals surface area contributed by atoms with Crippen molar-refractivity contribution in [2.45, 2.75) is 37.0 Å². The van der Waals surface area contributed by atoms with Crippen LogP contribution < -0.4 is 19.5 Å². The predicted molar refractivity (Wildman–Crippen MR) is 125 cm³/mol. The monoisotopic (exact) mass is 474 g/mol. The van der Waals surface area contributed by atoms with E-state index in [1.165, 1.54) is 31.2 Å².